The molecule has 0 bridgehead atoms. The van der Waals surface area contributed by atoms with E-state index in [2.05, 4.69) is 5.73 Å². The average Bonchev–Trinajstić information content (AvgIpc) is 1.61. The monoisotopic (exact) mass is 236 g/mol. The molecule has 0 atom stereocenters. The summed E-state index contributed by atoms with van der Waals surface area (Å²) in [5.74, 6) is -0.968. The molecule has 0 aliphatic heterocycles. The maximum Gasteiger partial charge on any atom is 0.394 e. The second kappa shape index (κ2) is 7.92. The molecule has 0 aromatic rings. The zero-order chi connectivity index (χ0) is 8.78. The maximum atomic E-state index is 9.24. The molecular formula is C2H7CuNO6S. The van der Waals surface area contributed by atoms with Gasteiger partial charge in [-0.1, -0.05) is 0 Å². The van der Waals surface area contributed by atoms with Gasteiger partial charge < -0.3 is 10.8 Å². The molecule has 0 heterocycles. The molecule has 5 N–H and O–H groups in total. The Labute approximate surface area is 73.6 Å². The van der Waals surface area contributed by atoms with Crippen LogP contribution in [0.3, 0.4) is 0 Å². The van der Waals surface area contributed by atoms with Crippen LogP contribution in [0.1, 0.15) is 0 Å². The van der Waals surface area contributed by atoms with Gasteiger partial charge in [0.2, 0.25) is 0 Å². The predicted molar refractivity (Wildman–Crippen MR) is 30.9 cm³/mol. The molecule has 0 fully saturated rings. The molecule has 0 spiro atoms. The molecule has 0 unspecified atom stereocenters. The summed E-state index contributed by atoms with van der Waals surface area (Å²) in [4.78, 5) is 9.24. The fourth-order valence-electron chi connectivity index (χ4n) is 0. The Morgan fingerprint density at radius 2 is 1.45 bits per heavy atom. The van der Waals surface area contributed by atoms with Gasteiger partial charge in [0.1, 0.15) is 0 Å². The number of carboxylic acid groups (broad SMARTS) is 1. The minimum atomic E-state index is -4.67. The van der Waals surface area contributed by atoms with Crippen LogP contribution in [0.25, 0.3) is 0 Å². The number of hydrogen-bond donors (Lipinski definition) is 4. The number of carboxylic acids is 1. The molecule has 11 heavy (non-hydrogen) atoms. The minimum Gasteiger partial charge on any atom is -0.480 e. The van der Waals surface area contributed by atoms with Crippen molar-refractivity contribution in [3.8, 4) is 0 Å². The van der Waals surface area contributed by atoms with Gasteiger partial charge in [0.05, 0.1) is 6.54 Å². The van der Waals surface area contributed by atoms with Crippen LogP contribution in [0.4, 0.5) is 0 Å². The van der Waals surface area contributed by atoms with Crippen molar-refractivity contribution in [1.82, 2.24) is 0 Å². The quantitative estimate of drug-likeness (QED) is 0.317. The summed E-state index contributed by atoms with van der Waals surface area (Å²) in [6.07, 6.45) is 0. The van der Waals surface area contributed by atoms with Gasteiger partial charge in [0, 0.05) is 17.1 Å². The molecule has 0 aromatic carbocycles. The second-order valence-corrected chi connectivity index (χ2v) is 1.94. The number of carbonyl (C=O) groups is 1. The van der Waals surface area contributed by atoms with Crippen LogP contribution in [0.5, 0.6) is 0 Å². The number of nitrogens with two attached hydrogens (primary N) is 1. The van der Waals surface area contributed by atoms with Crippen LogP contribution in [0.15, 0.2) is 0 Å². The van der Waals surface area contributed by atoms with E-state index in [1.165, 1.54) is 0 Å². The van der Waals surface area contributed by atoms with Gasteiger partial charge in [0.25, 0.3) is 0 Å². The van der Waals surface area contributed by atoms with Crippen molar-refractivity contribution in [2.45, 2.75) is 0 Å². The zero-order valence-corrected chi connectivity index (χ0v) is 6.82. The molecular weight excluding hydrogens is 230 g/mol. The normalized spacial score (nSPS) is 8.64. The first-order valence-corrected chi connectivity index (χ1v) is 3.28. The van der Waals surface area contributed by atoms with Crippen molar-refractivity contribution in [2.24, 2.45) is 5.73 Å². The van der Waals surface area contributed by atoms with Gasteiger partial charge in [-0.05, 0) is 0 Å². The third-order valence-corrected chi connectivity index (χ3v) is 0.175. The van der Waals surface area contributed by atoms with Crippen LogP contribution < -0.4 is 5.73 Å². The zero-order valence-electron chi connectivity index (χ0n) is 5.06. The minimum absolute atomic E-state index is 0. The first-order chi connectivity index (χ1) is 4.27. The van der Waals surface area contributed by atoms with Gasteiger partial charge in [0.15, 0.2) is 0 Å². The molecule has 0 saturated carbocycles. The SMILES string of the molecule is NCC(=O)O.O=S(=O)(O)O.[Cu]. The van der Waals surface area contributed by atoms with E-state index in [1.54, 1.807) is 0 Å². The Balaban J connectivity index is -0.000000107. The summed E-state index contributed by atoms with van der Waals surface area (Å²) < 4.78 is 31.6. The Morgan fingerprint density at radius 1 is 1.36 bits per heavy atom. The van der Waals surface area contributed by atoms with Crippen LogP contribution in [0.2, 0.25) is 0 Å². The molecule has 0 aliphatic rings. The number of hydrogen-bond acceptors (Lipinski definition) is 4. The largest absolute Gasteiger partial charge is 0.480 e. The summed E-state index contributed by atoms with van der Waals surface area (Å²) >= 11 is 0. The number of aliphatic carboxylic acids is 1. The average molecular weight is 237 g/mol. The second-order valence-electron chi connectivity index (χ2n) is 1.05. The van der Waals surface area contributed by atoms with Gasteiger partial charge in [-0.3, -0.25) is 13.9 Å². The van der Waals surface area contributed by atoms with E-state index in [4.69, 9.17) is 22.6 Å². The van der Waals surface area contributed by atoms with Crippen molar-refractivity contribution in [1.29, 1.82) is 0 Å². The molecule has 1 radical (unpaired) electrons. The molecule has 9 heteroatoms. The maximum absolute atomic E-state index is 9.24. The van der Waals surface area contributed by atoms with Crippen molar-refractivity contribution in [2.75, 3.05) is 6.54 Å². The van der Waals surface area contributed by atoms with Gasteiger partial charge in [-0.25, -0.2) is 0 Å². The van der Waals surface area contributed by atoms with Crippen molar-refractivity contribution < 1.29 is 44.5 Å². The van der Waals surface area contributed by atoms with Crippen molar-refractivity contribution >= 4 is 16.4 Å². The van der Waals surface area contributed by atoms with E-state index in [0.717, 1.165) is 0 Å². The fraction of sp³-hybridized carbons (Fsp3) is 0.500. The van der Waals surface area contributed by atoms with E-state index >= 15 is 0 Å². The predicted octanol–water partition coefficient (Wildman–Crippen LogP) is -1.63. The van der Waals surface area contributed by atoms with E-state index in [-0.39, 0.29) is 23.6 Å². The molecule has 0 aliphatic carbocycles. The smallest absolute Gasteiger partial charge is 0.394 e. The van der Waals surface area contributed by atoms with Gasteiger partial charge in [-0.2, -0.15) is 8.42 Å². The third-order valence-electron chi connectivity index (χ3n) is 0.175. The summed E-state index contributed by atoms with van der Waals surface area (Å²) in [7, 11) is -4.67. The molecule has 7 nitrogen and oxygen atoms in total. The van der Waals surface area contributed by atoms with Crippen LogP contribution >= 0.6 is 0 Å². The van der Waals surface area contributed by atoms with Crippen LogP contribution in [-0.4, -0.2) is 35.1 Å². The van der Waals surface area contributed by atoms with E-state index in [0.29, 0.717) is 0 Å². The molecule has 0 rings (SSSR count). The standard InChI is InChI=1S/C2H5NO2.Cu.H2O4S/c3-1-2(4)5;;1-5(2,3)4/h1,3H2,(H,4,5);;(H2,1,2,3,4). The third kappa shape index (κ3) is 181. The van der Waals surface area contributed by atoms with Crippen LogP contribution in [0, 0.1) is 0 Å². The Kier molecular flexibility index (Phi) is 12.3. The fourth-order valence-corrected chi connectivity index (χ4v) is 0. The summed E-state index contributed by atoms with van der Waals surface area (Å²) in [5, 5.41) is 7.60. The first kappa shape index (κ1) is 17.1. The topological polar surface area (TPSA) is 138 Å². The molecule has 0 amide bonds. The Bertz CT molecular complexity index is 179. The Hall–Kier alpha value is -0.181. The van der Waals surface area contributed by atoms with E-state index in [9.17, 15) is 4.79 Å². The first-order valence-electron chi connectivity index (χ1n) is 1.89. The molecule has 0 aromatic heterocycles. The summed E-state index contributed by atoms with van der Waals surface area (Å²) in [6, 6.07) is 0. The van der Waals surface area contributed by atoms with E-state index in [1.807, 2.05) is 0 Å². The molecule has 0 saturated heterocycles. The van der Waals surface area contributed by atoms with Crippen molar-refractivity contribution in [3.05, 3.63) is 0 Å². The van der Waals surface area contributed by atoms with Gasteiger partial charge in [-0.15, -0.1) is 0 Å². The Morgan fingerprint density at radius 3 is 1.45 bits per heavy atom. The number of rotatable bonds is 1. The summed E-state index contributed by atoms with van der Waals surface area (Å²) in [5.41, 5.74) is 4.57. The van der Waals surface area contributed by atoms with E-state index < -0.39 is 16.4 Å². The van der Waals surface area contributed by atoms with Crippen LogP contribution in [-0.2, 0) is 32.3 Å². The molecule has 73 valence electrons. The summed E-state index contributed by atoms with van der Waals surface area (Å²) in [6.45, 7) is -0.278. The van der Waals surface area contributed by atoms with Crippen molar-refractivity contribution in [3.63, 3.8) is 0 Å². The van der Waals surface area contributed by atoms with Gasteiger partial charge >= 0.3 is 16.4 Å².